The van der Waals surface area contributed by atoms with Crippen molar-refractivity contribution in [3.8, 4) is 11.8 Å². The minimum Gasteiger partial charge on any atom is -0.489 e. The van der Waals surface area contributed by atoms with Crippen molar-refractivity contribution in [3.63, 3.8) is 0 Å². The van der Waals surface area contributed by atoms with Crippen LogP contribution >= 0.6 is 11.6 Å². The molecule has 0 aliphatic carbocycles. The number of ether oxygens (including phenoxy) is 1. The van der Waals surface area contributed by atoms with E-state index in [9.17, 15) is 4.39 Å². The van der Waals surface area contributed by atoms with Crippen LogP contribution in [0.3, 0.4) is 0 Å². The topological polar surface area (TPSA) is 59.0 Å². The zero-order valence-corrected chi connectivity index (χ0v) is 12.0. The van der Waals surface area contributed by atoms with E-state index in [0.717, 1.165) is 11.1 Å². The summed E-state index contributed by atoms with van der Waals surface area (Å²) in [6.45, 7) is 0.736. The number of rotatable bonds is 5. The van der Waals surface area contributed by atoms with Gasteiger partial charge in [0.25, 0.3) is 0 Å². The van der Waals surface area contributed by atoms with Crippen molar-refractivity contribution in [2.24, 2.45) is 5.73 Å². The lowest BCUT2D eigenvalue weighted by Crippen LogP contribution is -2.05. The van der Waals surface area contributed by atoms with Crippen LogP contribution in [-0.2, 0) is 13.0 Å². The van der Waals surface area contributed by atoms with E-state index in [1.165, 1.54) is 12.1 Å². The van der Waals surface area contributed by atoms with E-state index in [2.05, 4.69) is 0 Å². The number of hydrogen-bond donors (Lipinski definition) is 1. The van der Waals surface area contributed by atoms with E-state index >= 15 is 0 Å². The van der Waals surface area contributed by atoms with Crippen molar-refractivity contribution >= 4 is 11.6 Å². The molecule has 0 aliphatic rings. The van der Waals surface area contributed by atoms with Gasteiger partial charge in [-0.15, -0.1) is 0 Å². The third-order valence-electron chi connectivity index (χ3n) is 2.98. The molecule has 5 heteroatoms. The predicted octanol–water partition coefficient (Wildman–Crippen LogP) is 3.43. The summed E-state index contributed by atoms with van der Waals surface area (Å²) >= 11 is 5.95. The molecule has 0 atom stereocenters. The van der Waals surface area contributed by atoms with Gasteiger partial charge < -0.3 is 10.5 Å². The lowest BCUT2D eigenvalue weighted by molar-refractivity contribution is 0.303. The van der Waals surface area contributed by atoms with E-state index < -0.39 is 5.82 Å². The largest absolute Gasteiger partial charge is 0.489 e. The van der Waals surface area contributed by atoms with Crippen molar-refractivity contribution in [3.05, 3.63) is 63.9 Å². The summed E-state index contributed by atoms with van der Waals surface area (Å²) in [6, 6.07) is 11.5. The quantitative estimate of drug-likeness (QED) is 0.920. The molecule has 0 spiro atoms. The monoisotopic (exact) mass is 304 g/mol. The van der Waals surface area contributed by atoms with Gasteiger partial charge in [-0.2, -0.15) is 5.26 Å². The first-order valence-corrected chi connectivity index (χ1v) is 6.81. The molecular weight excluding hydrogens is 291 g/mol. The molecule has 2 aromatic rings. The third kappa shape index (κ3) is 3.94. The molecule has 0 unspecified atom stereocenters. The first kappa shape index (κ1) is 15.3. The highest BCUT2D eigenvalue weighted by molar-refractivity contribution is 6.30. The van der Waals surface area contributed by atoms with Crippen LogP contribution in [0.4, 0.5) is 4.39 Å². The Labute approximate surface area is 127 Å². The Kier molecular flexibility index (Phi) is 5.15. The second-order valence-electron chi connectivity index (χ2n) is 4.51. The summed E-state index contributed by atoms with van der Waals surface area (Å²) in [5.74, 6) is 0.157. The standard InChI is InChI=1S/C16H14ClFN2O/c17-14-2-4-16(12(8-14)5-6-19)21-10-11-1-3-15(18)13(7-11)9-20/h1-4,7-8H,5-6,10,19H2. The highest BCUT2D eigenvalue weighted by atomic mass is 35.5. The smallest absolute Gasteiger partial charge is 0.140 e. The molecule has 0 saturated carbocycles. The van der Waals surface area contributed by atoms with Gasteiger partial charge in [0.2, 0.25) is 0 Å². The van der Waals surface area contributed by atoms with Gasteiger partial charge in [0.15, 0.2) is 0 Å². The van der Waals surface area contributed by atoms with Gasteiger partial charge >= 0.3 is 0 Å². The average molecular weight is 305 g/mol. The van der Waals surface area contributed by atoms with E-state index in [1.807, 2.05) is 12.1 Å². The Morgan fingerprint density at radius 3 is 2.76 bits per heavy atom. The third-order valence-corrected chi connectivity index (χ3v) is 3.22. The summed E-state index contributed by atoms with van der Waals surface area (Å²) in [4.78, 5) is 0. The normalized spacial score (nSPS) is 10.2. The molecule has 21 heavy (non-hydrogen) atoms. The Bertz CT molecular complexity index is 682. The number of nitrogens with zero attached hydrogens (tertiary/aromatic N) is 1. The number of hydrogen-bond acceptors (Lipinski definition) is 3. The van der Waals surface area contributed by atoms with E-state index in [0.29, 0.717) is 23.7 Å². The summed E-state index contributed by atoms with van der Waals surface area (Å²) < 4.78 is 19.0. The minimum atomic E-state index is -0.531. The fourth-order valence-corrected chi connectivity index (χ4v) is 2.14. The SMILES string of the molecule is N#Cc1cc(COc2ccc(Cl)cc2CCN)ccc1F. The lowest BCUT2D eigenvalue weighted by atomic mass is 10.1. The predicted molar refractivity (Wildman–Crippen MR) is 79.7 cm³/mol. The maximum absolute atomic E-state index is 13.3. The van der Waals surface area contributed by atoms with Crippen molar-refractivity contribution in [1.82, 2.24) is 0 Å². The Morgan fingerprint density at radius 2 is 2.05 bits per heavy atom. The van der Waals surface area contributed by atoms with Crippen molar-refractivity contribution in [1.29, 1.82) is 5.26 Å². The van der Waals surface area contributed by atoms with Gasteiger partial charge in [-0.05, 0) is 54.4 Å². The van der Waals surface area contributed by atoms with Crippen molar-refractivity contribution in [2.45, 2.75) is 13.0 Å². The first-order valence-electron chi connectivity index (χ1n) is 6.44. The molecule has 2 rings (SSSR count). The molecule has 0 amide bonds. The van der Waals surface area contributed by atoms with Crippen molar-refractivity contribution in [2.75, 3.05) is 6.54 Å². The van der Waals surface area contributed by atoms with Crippen LogP contribution in [0.5, 0.6) is 5.75 Å². The van der Waals surface area contributed by atoms with Crippen LogP contribution < -0.4 is 10.5 Å². The lowest BCUT2D eigenvalue weighted by Gasteiger charge is -2.12. The zero-order valence-electron chi connectivity index (χ0n) is 11.3. The van der Waals surface area contributed by atoms with Crippen LogP contribution in [0.25, 0.3) is 0 Å². The van der Waals surface area contributed by atoms with E-state index in [1.54, 1.807) is 18.2 Å². The van der Waals surface area contributed by atoms with Gasteiger partial charge in [-0.1, -0.05) is 17.7 Å². The maximum Gasteiger partial charge on any atom is 0.140 e. The molecule has 0 heterocycles. The molecule has 0 bridgehead atoms. The van der Waals surface area contributed by atoms with Crippen LogP contribution in [0, 0.1) is 17.1 Å². The van der Waals surface area contributed by atoms with Crippen molar-refractivity contribution < 1.29 is 9.13 Å². The van der Waals surface area contributed by atoms with E-state index in [-0.39, 0.29) is 12.2 Å². The summed E-state index contributed by atoms with van der Waals surface area (Å²) in [6.07, 6.45) is 0.656. The minimum absolute atomic E-state index is 0.00869. The number of benzene rings is 2. The summed E-state index contributed by atoms with van der Waals surface area (Å²) in [7, 11) is 0. The van der Waals surface area contributed by atoms with Gasteiger partial charge in [-0.3, -0.25) is 0 Å². The number of halogens is 2. The second kappa shape index (κ2) is 7.07. The molecule has 0 aromatic heterocycles. The molecule has 108 valence electrons. The molecule has 2 aromatic carbocycles. The first-order chi connectivity index (χ1) is 10.1. The van der Waals surface area contributed by atoms with E-state index in [4.69, 9.17) is 27.3 Å². The molecule has 0 aliphatic heterocycles. The summed E-state index contributed by atoms with van der Waals surface area (Å²) in [5.41, 5.74) is 7.22. The van der Waals surface area contributed by atoms with Gasteiger partial charge in [0.05, 0.1) is 5.56 Å². The Hall–Kier alpha value is -2.09. The van der Waals surface area contributed by atoms with Gasteiger partial charge in [-0.25, -0.2) is 4.39 Å². The average Bonchev–Trinajstić information content (AvgIpc) is 2.48. The highest BCUT2D eigenvalue weighted by Crippen LogP contribution is 2.24. The van der Waals surface area contributed by atoms with Gasteiger partial charge in [0.1, 0.15) is 24.2 Å². The fraction of sp³-hybridized carbons (Fsp3) is 0.188. The molecule has 2 N–H and O–H groups in total. The summed E-state index contributed by atoms with van der Waals surface area (Å²) in [5, 5.41) is 9.44. The number of nitrogens with two attached hydrogens (primary N) is 1. The maximum atomic E-state index is 13.3. The molecule has 0 saturated heterocycles. The molecule has 0 fully saturated rings. The Morgan fingerprint density at radius 1 is 1.24 bits per heavy atom. The number of nitriles is 1. The Balaban J connectivity index is 2.15. The molecule has 0 radical (unpaired) electrons. The zero-order chi connectivity index (χ0) is 15.2. The van der Waals surface area contributed by atoms with Crippen LogP contribution in [0.2, 0.25) is 5.02 Å². The highest BCUT2D eigenvalue weighted by Gasteiger charge is 2.07. The second-order valence-corrected chi connectivity index (χ2v) is 4.94. The fourth-order valence-electron chi connectivity index (χ4n) is 1.95. The molecular formula is C16H14ClFN2O. The van der Waals surface area contributed by atoms with Crippen LogP contribution in [0.1, 0.15) is 16.7 Å². The van der Waals surface area contributed by atoms with Gasteiger partial charge in [0, 0.05) is 5.02 Å². The molecule has 3 nitrogen and oxygen atoms in total. The van der Waals surface area contributed by atoms with Crippen LogP contribution in [-0.4, -0.2) is 6.54 Å². The van der Waals surface area contributed by atoms with Crippen LogP contribution in [0.15, 0.2) is 36.4 Å².